The van der Waals surface area contributed by atoms with Gasteiger partial charge in [-0.05, 0) is 30.2 Å². The predicted octanol–water partition coefficient (Wildman–Crippen LogP) is 1.99. The zero-order chi connectivity index (χ0) is 18.4. The van der Waals surface area contributed by atoms with E-state index in [2.05, 4.69) is 15.2 Å². The van der Waals surface area contributed by atoms with Crippen molar-refractivity contribution in [1.29, 1.82) is 0 Å². The normalized spacial score (nSPS) is 14.2. The van der Waals surface area contributed by atoms with E-state index >= 15 is 0 Å². The Hall–Kier alpha value is -2.60. The predicted molar refractivity (Wildman–Crippen MR) is 102 cm³/mol. The first-order valence-corrected chi connectivity index (χ1v) is 8.95. The first-order valence-electron chi connectivity index (χ1n) is 8.58. The second-order valence-corrected chi connectivity index (χ2v) is 6.63. The highest BCUT2D eigenvalue weighted by atomic mass is 35.5. The summed E-state index contributed by atoms with van der Waals surface area (Å²) >= 11 is 5.97. The van der Waals surface area contributed by atoms with Crippen molar-refractivity contribution in [2.45, 2.75) is 6.42 Å². The maximum Gasteiger partial charge on any atom is 0.252 e. The average Bonchev–Trinajstić information content (AvgIpc) is 2.68. The van der Waals surface area contributed by atoms with Crippen LogP contribution in [0.2, 0.25) is 5.02 Å². The minimum Gasteiger partial charge on any atom is -0.367 e. The quantitative estimate of drug-likeness (QED) is 0.787. The number of carbonyl (C=O) groups excluding carboxylic acids is 2. The molecule has 2 amide bonds. The Morgan fingerprint density at radius 3 is 2.73 bits per heavy atom. The molecule has 136 valence electrons. The van der Waals surface area contributed by atoms with Crippen molar-refractivity contribution >= 4 is 29.6 Å². The molecule has 0 saturated carbocycles. The fraction of sp³-hybridized carbons (Fsp3) is 0.316. The summed E-state index contributed by atoms with van der Waals surface area (Å²) in [4.78, 5) is 31.3. The summed E-state index contributed by atoms with van der Waals surface area (Å²) in [5, 5.41) is 3.61. The molecule has 0 spiro atoms. The van der Waals surface area contributed by atoms with Gasteiger partial charge in [0, 0.05) is 43.9 Å². The summed E-state index contributed by atoms with van der Waals surface area (Å²) in [6.07, 6.45) is 4.91. The second kappa shape index (κ2) is 8.67. The van der Waals surface area contributed by atoms with Crippen molar-refractivity contribution in [1.82, 2.24) is 15.2 Å². The Morgan fingerprint density at radius 2 is 2.00 bits per heavy atom. The molecule has 0 aliphatic carbocycles. The number of anilines is 1. The molecule has 0 radical (unpaired) electrons. The van der Waals surface area contributed by atoms with E-state index in [1.165, 1.54) is 0 Å². The number of amides is 2. The Labute approximate surface area is 157 Å². The molecule has 1 aromatic heterocycles. The number of rotatable bonds is 6. The lowest BCUT2D eigenvalue weighted by Gasteiger charge is -2.34. The molecule has 0 atom stereocenters. The minimum atomic E-state index is -0.145. The third-order valence-corrected chi connectivity index (χ3v) is 4.64. The SMILES string of the molecule is O=CN1CCN(c2cncc(C(=O)NCCc3cccc(Cl)c3)c2)CC1. The lowest BCUT2D eigenvalue weighted by molar-refractivity contribution is -0.118. The summed E-state index contributed by atoms with van der Waals surface area (Å²) in [6, 6.07) is 9.46. The van der Waals surface area contributed by atoms with Gasteiger partial charge >= 0.3 is 0 Å². The highest BCUT2D eigenvalue weighted by Gasteiger charge is 2.17. The van der Waals surface area contributed by atoms with Gasteiger partial charge in [0.05, 0.1) is 17.4 Å². The van der Waals surface area contributed by atoms with E-state index in [1.54, 1.807) is 17.3 Å². The summed E-state index contributed by atoms with van der Waals surface area (Å²) < 4.78 is 0. The molecule has 1 fully saturated rings. The number of aromatic nitrogens is 1. The third kappa shape index (κ3) is 4.73. The number of nitrogens with one attached hydrogen (secondary N) is 1. The highest BCUT2D eigenvalue weighted by molar-refractivity contribution is 6.30. The molecule has 7 heteroatoms. The van der Waals surface area contributed by atoms with Crippen LogP contribution in [0.25, 0.3) is 0 Å². The standard InChI is InChI=1S/C19H21ClN4O2/c20-17-3-1-2-15(10-17)4-5-22-19(26)16-11-18(13-21-12-16)24-8-6-23(14-25)7-9-24/h1-3,10-14H,4-9H2,(H,22,26). The Balaban J connectivity index is 1.55. The van der Waals surface area contributed by atoms with Gasteiger partial charge in [-0.3, -0.25) is 14.6 Å². The van der Waals surface area contributed by atoms with Crippen molar-refractivity contribution in [3.8, 4) is 0 Å². The lowest BCUT2D eigenvalue weighted by atomic mass is 10.1. The van der Waals surface area contributed by atoms with Gasteiger partial charge in [0.25, 0.3) is 5.91 Å². The van der Waals surface area contributed by atoms with Crippen LogP contribution < -0.4 is 10.2 Å². The van der Waals surface area contributed by atoms with E-state index in [-0.39, 0.29) is 5.91 Å². The molecule has 2 heterocycles. The second-order valence-electron chi connectivity index (χ2n) is 6.20. The van der Waals surface area contributed by atoms with Crippen molar-refractivity contribution in [2.24, 2.45) is 0 Å². The minimum absolute atomic E-state index is 0.145. The molecule has 1 aliphatic heterocycles. The summed E-state index contributed by atoms with van der Waals surface area (Å²) in [6.45, 7) is 3.36. The van der Waals surface area contributed by atoms with E-state index in [0.29, 0.717) is 36.6 Å². The smallest absolute Gasteiger partial charge is 0.252 e. The third-order valence-electron chi connectivity index (χ3n) is 4.40. The van der Waals surface area contributed by atoms with Gasteiger partial charge in [0.1, 0.15) is 0 Å². The van der Waals surface area contributed by atoms with Crippen LogP contribution in [-0.4, -0.2) is 54.9 Å². The maximum atomic E-state index is 12.4. The molecule has 2 aromatic rings. The van der Waals surface area contributed by atoms with Crippen molar-refractivity contribution in [3.63, 3.8) is 0 Å². The molecule has 1 saturated heterocycles. The molecule has 26 heavy (non-hydrogen) atoms. The van der Waals surface area contributed by atoms with Gasteiger partial charge in [-0.2, -0.15) is 0 Å². The van der Waals surface area contributed by atoms with Gasteiger partial charge in [0.2, 0.25) is 6.41 Å². The number of hydrogen-bond donors (Lipinski definition) is 1. The monoisotopic (exact) mass is 372 g/mol. The van der Waals surface area contributed by atoms with E-state index in [1.807, 2.05) is 30.3 Å². The number of hydrogen-bond acceptors (Lipinski definition) is 4. The number of carbonyl (C=O) groups is 2. The maximum absolute atomic E-state index is 12.4. The Bertz CT molecular complexity index is 776. The first kappa shape index (κ1) is 18.2. The number of nitrogens with zero attached hydrogens (tertiary/aromatic N) is 3. The molecule has 1 N–H and O–H groups in total. The molecular weight excluding hydrogens is 352 g/mol. The fourth-order valence-electron chi connectivity index (χ4n) is 2.93. The van der Waals surface area contributed by atoms with Gasteiger partial charge in [-0.1, -0.05) is 23.7 Å². The van der Waals surface area contributed by atoms with Crippen LogP contribution in [0, 0.1) is 0 Å². The van der Waals surface area contributed by atoms with Crippen LogP contribution in [0.1, 0.15) is 15.9 Å². The van der Waals surface area contributed by atoms with Gasteiger partial charge < -0.3 is 15.1 Å². The van der Waals surface area contributed by atoms with E-state index < -0.39 is 0 Å². The van der Waals surface area contributed by atoms with Crippen LogP contribution >= 0.6 is 11.6 Å². The molecular formula is C19H21ClN4O2. The van der Waals surface area contributed by atoms with Crippen LogP contribution in [0.3, 0.4) is 0 Å². The molecule has 3 rings (SSSR count). The largest absolute Gasteiger partial charge is 0.367 e. The van der Waals surface area contributed by atoms with Crippen molar-refractivity contribution in [2.75, 3.05) is 37.6 Å². The van der Waals surface area contributed by atoms with E-state index in [9.17, 15) is 9.59 Å². The van der Waals surface area contributed by atoms with Crippen molar-refractivity contribution < 1.29 is 9.59 Å². The van der Waals surface area contributed by atoms with Crippen LogP contribution in [0.5, 0.6) is 0 Å². The van der Waals surface area contributed by atoms with Crippen LogP contribution in [0.4, 0.5) is 5.69 Å². The molecule has 6 nitrogen and oxygen atoms in total. The van der Waals surface area contributed by atoms with E-state index in [0.717, 1.165) is 30.8 Å². The summed E-state index contributed by atoms with van der Waals surface area (Å²) in [5.74, 6) is -0.145. The molecule has 0 unspecified atom stereocenters. The summed E-state index contributed by atoms with van der Waals surface area (Å²) in [5.41, 5.74) is 2.52. The zero-order valence-corrected chi connectivity index (χ0v) is 15.2. The number of pyridine rings is 1. The van der Waals surface area contributed by atoms with Gasteiger partial charge in [-0.25, -0.2) is 0 Å². The number of benzene rings is 1. The molecule has 0 bridgehead atoms. The Morgan fingerprint density at radius 1 is 1.19 bits per heavy atom. The van der Waals surface area contributed by atoms with E-state index in [4.69, 9.17) is 11.6 Å². The Kier molecular flexibility index (Phi) is 6.07. The van der Waals surface area contributed by atoms with Crippen molar-refractivity contribution in [3.05, 3.63) is 58.9 Å². The molecule has 1 aromatic carbocycles. The molecule has 1 aliphatic rings. The fourth-order valence-corrected chi connectivity index (χ4v) is 3.14. The van der Waals surface area contributed by atoms with Gasteiger partial charge in [0.15, 0.2) is 0 Å². The first-order chi connectivity index (χ1) is 12.7. The lowest BCUT2D eigenvalue weighted by Crippen LogP contribution is -2.45. The zero-order valence-electron chi connectivity index (χ0n) is 14.4. The van der Waals surface area contributed by atoms with Crippen LogP contribution in [0.15, 0.2) is 42.7 Å². The number of halogens is 1. The van der Waals surface area contributed by atoms with Gasteiger partial charge in [-0.15, -0.1) is 0 Å². The van der Waals surface area contributed by atoms with Crippen LogP contribution in [-0.2, 0) is 11.2 Å². The highest BCUT2D eigenvalue weighted by Crippen LogP contribution is 2.16. The number of piperazine rings is 1. The topological polar surface area (TPSA) is 65.5 Å². The summed E-state index contributed by atoms with van der Waals surface area (Å²) in [7, 11) is 0. The average molecular weight is 373 g/mol.